The lowest BCUT2D eigenvalue weighted by Crippen LogP contribution is -2.22. The average molecular weight is 248 g/mol. The van der Waals surface area contributed by atoms with E-state index >= 15 is 0 Å². The highest BCUT2D eigenvalue weighted by molar-refractivity contribution is 7.09. The summed E-state index contributed by atoms with van der Waals surface area (Å²) in [5, 5.41) is 2.10. The summed E-state index contributed by atoms with van der Waals surface area (Å²) in [6.07, 6.45) is 3.35. The van der Waals surface area contributed by atoms with Crippen molar-refractivity contribution < 1.29 is 0 Å². The Bertz CT molecular complexity index is 438. The number of rotatable bonds is 5. The van der Waals surface area contributed by atoms with E-state index < -0.39 is 0 Å². The van der Waals surface area contributed by atoms with Gasteiger partial charge in [-0.25, -0.2) is 4.98 Å². The van der Waals surface area contributed by atoms with Gasteiger partial charge < -0.3 is 5.73 Å². The molecular weight excluding hydrogens is 232 g/mol. The maximum absolute atomic E-state index is 5.51. The van der Waals surface area contributed by atoms with Crippen LogP contribution in [0.4, 0.5) is 5.82 Å². The molecule has 0 atom stereocenters. The second-order valence-electron chi connectivity index (χ2n) is 3.82. The van der Waals surface area contributed by atoms with E-state index in [9.17, 15) is 0 Å². The standard InChI is InChI=1S/C12H16N4S/c1-2-16(9-11-4-3-5-17-11)8-10-6-15-12(13)7-14-10/h3-7H,2,8-9H2,1H3,(H2,13,15). The Hall–Kier alpha value is -1.46. The third-order valence-corrected chi connectivity index (χ3v) is 3.38. The number of nitrogens with zero attached hydrogens (tertiary/aromatic N) is 3. The van der Waals surface area contributed by atoms with Gasteiger partial charge in [-0.15, -0.1) is 11.3 Å². The Balaban J connectivity index is 1.97. The molecule has 0 bridgehead atoms. The van der Waals surface area contributed by atoms with Crippen LogP contribution in [0.15, 0.2) is 29.9 Å². The zero-order chi connectivity index (χ0) is 12.1. The summed E-state index contributed by atoms with van der Waals surface area (Å²) in [7, 11) is 0. The fourth-order valence-electron chi connectivity index (χ4n) is 1.58. The monoisotopic (exact) mass is 248 g/mol. The van der Waals surface area contributed by atoms with Crippen molar-refractivity contribution in [1.29, 1.82) is 0 Å². The summed E-state index contributed by atoms with van der Waals surface area (Å²) in [5.74, 6) is 0.468. The van der Waals surface area contributed by atoms with Gasteiger partial charge in [0.05, 0.1) is 18.1 Å². The summed E-state index contributed by atoms with van der Waals surface area (Å²) in [6, 6.07) is 4.23. The Labute approximate surface area is 105 Å². The van der Waals surface area contributed by atoms with Gasteiger partial charge in [-0.05, 0) is 18.0 Å². The highest BCUT2D eigenvalue weighted by Crippen LogP contribution is 2.13. The zero-order valence-electron chi connectivity index (χ0n) is 9.84. The van der Waals surface area contributed by atoms with Gasteiger partial charge in [0.2, 0.25) is 0 Å². The minimum absolute atomic E-state index is 0.468. The molecule has 0 amide bonds. The molecule has 5 heteroatoms. The predicted octanol–water partition coefficient (Wildman–Crippen LogP) is 2.14. The van der Waals surface area contributed by atoms with Crippen molar-refractivity contribution in [3.63, 3.8) is 0 Å². The van der Waals surface area contributed by atoms with Crippen LogP contribution in [0.1, 0.15) is 17.5 Å². The third kappa shape index (κ3) is 3.51. The van der Waals surface area contributed by atoms with E-state index in [0.717, 1.165) is 25.3 Å². The van der Waals surface area contributed by atoms with Gasteiger partial charge in [0.15, 0.2) is 0 Å². The van der Waals surface area contributed by atoms with Crippen LogP contribution in [-0.4, -0.2) is 21.4 Å². The van der Waals surface area contributed by atoms with Crippen LogP contribution in [0, 0.1) is 0 Å². The number of nitrogens with two attached hydrogens (primary N) is 1. The first kappa shape index (κ1) is 12.0. The van der Waals surface area contributed by atoms with E-state index in [2.05, 4.69) is 39.3 Å². The van der Waals surface area contributed by atoms with Gasteiger partial charge in [0, 0.05) is 18.0 Å². The fourth-order valence-corrected chi connectivity index (χ4v) is 2.32. The van der Waals surface area contributed by atoms with Crippen molar-refractivity contribution in [3.05, 3.63) is 40.5 Å². The first-order valence-corrected chi connectivity index (χ1v) is 6.47. The topological polar surface area (TPSA) is 55.0 Å². The van der Waals surface area contributed by atoms with Crippen molar-refractivity contribution in [1.82, 2.24) is 14.9 Å². The van der Waals surface area contributed by atoms with Crippen molar-refractivity contribution in [2.45, 2.75) is 20.0 Å². The molecule has 0 unspecified atom stereocenters. The number of anilines is 1. The molecule has 0 saturated carbocycles. The summed E-state index contributed by atoms with van der Waals surface area (Å²) < 4.78 is 0. The van der Waals surface area contributed by atoms with Crippen LogP contribution < -0.4 is 5.73 Å². The van der Waals surface area contributed by atoms with Crippen LogP contribution >= 0.6 is 11.3 Å². The fraction of sp³-hybridized carbons (Fsp3) is 0.333. The van der Waals surface area contributed by atoms with Gasteiger partial charge in [-0.3, -0.25) is 9.88 Å². The normalized spacial score (nSPS) is 10.9. The minimum atomic E-state index is 0.468. The molecule has 0 aliphatic heterocycles. The van der Waals surface area contributed by atoms with Crippen molar-refractivity contribution in [2.24, 2.45) is 0 Å². The summed E-state index contributed by atoms with van der Waals surface area (Å²) in [5.41, 5.74) is 6.47. The highest BCUT2D eigenvalue weighted by atomic mass is 32.1. The van der Waals surface area contributed by atoms with Gasteiger partial charge in [0.25, 0.3) is 0 Å². The number of hydrogen-bond acceptors (Lipinski definition) is 5. The molecule has 2 aromatic heterocycles. The first-order valence-electron chi connectivity index (χ1n) is 5.59. The molecule has 2 heterocycles. The van der Waals surface area contributed by atoms with E-state index in [4.69, 9.17) is 5.73 Å². The molecule has 0 aromatic carbocycles. The molecule has 0 spiro atoms. The third-order valence-electron chi connectivity index (χ3n) is 2.52. The maximum atomic E-state index is 5.51. The van der Waals surface area contributed by atoms with Crippen molar-refractivity contribution in [2.75, 3.05) is 12.3 Å². The summed E-state index contributed by atoms with van der Waals surface area (Å²) in [4.78, 5) is 12.0. The smallest absolute Gasteiger partial charge is 0.141 e. The average Bonchev–Trinajstić information content (AvgIpc) is 2.84. The highest BCUT2D eigenvalue weighted by Gasteiger charge is 2.06. The van der Waals surface area contributed by atoms with Crippen LogP contribution in [0.3, 0.4) is 0 Å². The molecule has 17 heavy (non-hydrogen) atoms. The van der Waals surface area contributed by atoms with E-state index in [1.807, 2.05) is 0 Å². The molecule has 4 nitrogen and oxygen atoms in total. The van der Waals surface area contributed by atoms with Gasteiger partial charge >= 0.3 is 0 Å². The molecule has 0 saturated heterocycles. The van der Waals surface area contributed by atoms with Crippen molar-refractivity contribution in [3.8, 4) is 0 Å². The molecule has 2 rings (SSSR count). The molecule has 0 aliphatic carbocycles. The molecule has 2 aromatic rings. The van der Waals surface area contributed by atoms with Crippen molar-refractivity contribution >= 4 is 17.2 Å². The van der Waals surface area contributed by atoms with E-state index in [1.165, 1.54) is 4.88 Å². The summed E-state index contributed by atoms with van der Waals surface area (Å²) >= 11 is 1.78. The van der Waals surface area contributed by atoms with E-state index in [-0.39, 0.29) is 0 Å². The van der Waals surface area contributed by atoms with Gasteiger partial charge in [-0.2, -0.15) is 0 Å². The largest absolute Gasteiger partial charge is 0.382 e. The van der Waals surface area contributed by atoms with Crippen LogP contribution in [0.2, 0.25) is 0 Å². The quantitative estimate of drug-likeness (QED) is 0.881. The van der Waals surface area contributed by atoms with Crippen LogP contribution in [0.25, 0.3) is 0 Å². The lowest BCUT2D eigenvalue weighted by molar-refractivity contribution is 0.270. The molecule has 0 aliphatic rings. The number of hydrogen-bond donors (Lipinski definition) is 1. The minimum Gasteiger partial charge on any atom is -0.382 e. The molecule has 90 valence electrons. The molecule has 0 fully saturated rings. The Kier molecular flexibility index (Phi) is 4.06. The number of aromatic nitrogens is 2. The van der Waals surface area contributed by atoms with Gasteiger partial charge in [-0.1, -0.05) is 13.0 Å². The van der Waals surface area contributed by atoms with E-state index in [1.54, 1.807) is 23.7 Å². The Morgan fingerprint density at radius 1 is 1.29 bits per heavy atom. The predicted molar refractivity (Wildman–Crippen MR) is 70.6 cm³/mol. The molecule has 0 radical (unpaired) electrons. The van der Waals surface area contributed by atoms with E-state index in [0.29, 0.717) is 5.82 Å². The first-order chi connectivity index (χ1) is 8.28. The number of thiophene rings is 1. The lowest BCUT2D eigenvalue weighted by Gasteiger charge is -2.18. The second-order valence-corrected chi connectivity index (χ2v) is 4.85. The lowest BCUT2D eigenvalue weighted by atomic mass is 10.3. The van der Waals surface area contributed by atoms with Crippen LogP contribution in [-0.2, 0) is 13.1 Å². The summed E-state index contributed by atoms with van der Waals surface area (Å²) in [6.45, 7) is 4.91. The maximum Gasteiger partial charge on any atom is 0.141 e. The van der Waals surface area contributed by atoms with Crippen LogP contribution in [0.5, 0.6) is 0 Å². The molecular formula is C12H16N4S. The second kappa shape index (κ2) is 5.75. The Morgan fingerprint density at radius 2 is 2.18 bits per heavy atom. The SMILES string of the molecule is CCN(Cc1cnc(N)cn1)Cc1cccs1. The zero-order valence-corrected chi connectivity index (χ0v) is 10.7. The number of nitrogen functional groups attached to an aromatic ring is 1. The Morgan fingerprint density at radius 3 is 2.76 bits per heavy atom. The van der Waals surface area contributed by atoms with Gasteiger partial charge in [0.1, 0.15) is 5.82 Å². The molecule has 2 N–H and O–H groups in total.